The Morgan fingerprint density at radius 1 is 0.882 bits per heavy atom. The summed E-state index contributed by atoms with van der Waals surface area (Å²) in [4.78, 5) is 26.1. The van der Waals surface area contributed by atoms with Gasteiger partial charge in [-0.3, -0.25) is 4.79 Å². The fourth-order valence-corrected chi connectivity index (χ4v) is 4.24. The summed E-state index contributed by atoms with van der Waals surface area (Å²) in [6, 6.07) is 16.1. The second-order valence-electron chi connectivity index (χ2n) is 9.81. The van der Waals surface area contributed by atoms with Gasteiger partial charge >= 0.3 is 0 Å². The highest BCUT2D eigenvalue weighted by molar-refractivity contribution is 5.94. The maximum absolute atomic E-state index is 13.1. The molecule has 0 unspecified atom stereocenters. The number of amides is 1. The molecule has 1 fully saturated rings. The molecule has 174 valence electrons. The molecule has 1 amide bonds. The van der Waals surface area contributed by atoms with E-state index in [4.69, 9.17) is 0 Å². The van der Waals surface area contributed by atoms with Crippen LogP contribution in [0, 0.1) is 6.92 Å². The Kier molecular flexibility index (Phi) is 5.51. The highest BCUT2D eigenvalue weighted by Crippen LogP contribution is 2.25. The maximum atomic E-state index is 13.1. The monoisotopic (exact) mass is 455 g/mol. The second kappa shape index (κ2) is 8.52. The first-order chi connectivity index (χ1) is 16.3. The van der Waals surface area contributed by atoms with Crippen molar-refractivity contribution in [2.24, 2.45) is 0 Å². The predicted octanol–water partition coefficient (Wildman–Crippen LogP) is 3.78. The lowest BCUT2D eigenvalue weighted by atomic mass is 9.86. The fraction of sp³-hybridized carbons (Fsp3) is 0.346. The first-order valence-corrected chi connectivity index (χ1v) is 11.6. The number of aromatic nitrogens is 5. The smallest absolute Gasteiger partial charge is 0.253 e. The Hall–Kier alpha value is -3.81. The van der Waals surface area contributed by atoms with Crippen LogP contribution in [0.5, 0.6) is 0 Å². The third kappa shape index (κ3) is 4.11. The van der Waals surface area contributed by atoms with Gasteiger partial charge in [-0.05, 0) is 42.2 Å². The molecule has 2 aromatic carbocycles. The average Bonchev–Trinajstić information content (AvgIpc) is 3.28. The van der Waals surface area contributed by atoms with Gasteiger partial charge in [0.25, 0.3) is 5.91 Å². The zero-order valence-corrected chi connectivity index (χ0v) is 20.1. The van der Waals surface area contributed by atoms with Crippen LogP contribution in [0.1, 0.15) is 42.3 Å². The largest absolute Gasteiger partial charge is 0.351 e. The van der Waals surface area contributed by atoms with Gasteiger partial charge in [-0.15, -0.1) is 5.10 Å². The number of rotatable bonds is 3. The van der Waals surface area contributed by atoms with Crippen LogP contribution in [-0.4, -0.2) is 61.9 Å². The lowest BCUT2D eigenvalue weighted by Gasteiger charge is -2.35. The SMILES string of the molecule is Cc1ccc(-n2nnc3c(N4CCN(C(=O)c5ccc(C(C)(C)C)cc5)CC4)ncnc32)cc1. The highest BCUT2D eigenvalue weighted by Gasteiger charge is 2.26. The lowest BCUT2D eigenvalue weighted by molar-refractivity contribution is 0.0746. The Morgan fingerprint density at radius 3 is 2.21 bits per heavy atom. The summed E-state index contributed by atoms with van der Waals surface area (Å²) < 4.78 is 1.74. The standard InChI is InChI=1S/C26H29N7O/c1-18-5-11-21(12-6-18)33-24-22(29-30-33)23(27-17-28-24)31-13-15-32(16-14-31)25(34)19-7-9-20(10-8-19)26(2,3)4/h5-12,17H,13-16H2,1-4H3. The molecule has 1 aliphatic rings. The molecule has 34 heavy (non-hydrogen) atoms. The molecule has 1 aliphatic heterocycles. The second-order valence-corrected chi connectivity index (χ2v) is 9.81. The molecule has 8 heteroatoms. The van der Waals surface area contributed by atoms with Crippen LogP contribution in [0.25, 0.3) is 16.9 Å². The van der Waals surface area contributed by atoms with E-state index in [1.807, 2.05) is 41.3 Å². The summed E-state index contributed by atoms with van der Waals surface area (Å²) in [6.07, 6.45) is 1.56. The van der Waals surface area contributed by atoms with Crippen LogP contribution in [0.4, 0.5) is 5.82 Å². The molecule has 0 saturated carbocycles. The van der Waals surface area contributed by atoms with Crippen molar-refractivity contribution in [1.82, 2.24) is 29.9 Å². The molecule has 2 aromatic heterocycles. The number of aryl methyl sites for hydroxylation is 1. The number of piperazine rings is 1. The quantitative estimate of drug-likeness (QED) is 0.468. The minimum atomic E-state index is 0.0668. The fourth-order valence-electron chi connectivity index (χ4n) is 4.24. The van der Waals surface area contributed by atoms with E-state index >= 15 is 0 Å². The number of benzene rings is 2. The van der Waals surface area contributed by atoms with Crippen molar-refractivity contribution in [1.29, 1.82) is 0 Å². The molecular weight excluding hydrogens is 426 g/mol. The molecule has 1 saturated heterocycles. The zero-order chi connectivity index (χ0) is 23.9. The van der Waals surface area contributed by atoms with E-state index in [1.54, 1.807) is 11.0 Å². The Bertz CT molecular complexity index is 1310. The minimum Gasteiger partial charge on any atom is -0.351 e. The molecule has 0 aliphatic carbocycles. The van der Waals surface area contributed by atoms with E-state index in [2.05, 4.69) is 65.0 Å². The van der Waals surface area contributed by atoms with Gasteiger partial charge in [-0.2, -0.15) is 4.68 Å². The van der Waals surface area contributed by atoms with Crippen molar-refractivity contribution < 1.29 is 4.79 Å². The average molecular weight is 456 g/mol. The summed E-state index contributed by atoms with van der Waals surface area (Å²) in [5, 5.41) is 8.72. The number of carbonyl (C=O) groups excluding carboxylic acids is 1. The summed E-state index contributed by atoms with van der Waals surface area (Å²) >= 11 is 0. The van der Waals surface area contributed by atoms with Crippen molar-refractivity contribution in [3.63, 3.8) is 0 Å². The van der Waals surface area contributed by atoms with Crippen LogP contribution in [0.3, 0.4) is 0 Å². The van der Waals surface area contributed by atoms with E-state index in [0.29, 0.717) is 37.3 Å². The highest BCUT2D eigenvalue weighted by atomic mass is 16.2. The van der Waals surface area contributed by atoms with Crippen molar-refractivity contribution in [3.05, 3.63) is 71.5 Å². The van der Waals surface area contributed by atoms with Crippen LogP contribution in [-0.2, 0) is 5.41 Å². The summed E-state index contributed by atoms with van der Waals surface area (Å²) in [7, 11) is 0. The lowest BCUT2D eigenvalue weighted by Crippen LogP contribution is -2.49. The Balaban J connectivity index is 1.31. The van der Waals surface area contributed by atoms with E-state index in [1.165, 1.54) is 11.1 Å². The molecule has 0 radical (unpaired) electrons. The molecule has 0 spiro atoms. The zero-order valence-electron chi connectivity index (χ0n) is 20.1. The van der Waals surface area contributed by atoms with Crippen LogP contribution < -0.4 is 4.90 Å². The predicted molar refractivity (Wildman–Crippen MR) is 132 cm³/mol. The van der Waals surface area contributed by atoms with Crippen molar-refractivity contribution in [2.75, 3.05) is 31.1 Å². The van der Waals surface area contributed by atoms with Crippen molar-refractivity contribution in [3.8, 4) is 5.69 Å². The van der Waals surface area contributed by atoms with Crippen LogP contribution in [0.2, 0.25) is 0 Å². The van der Waals surface area contributed by atoms with E-state index in [-0.39, 0.29) is 11.3 Å². The van der Waals surface area contributed by atoms with Gasteiger partial charge in [0.1, 0.15) is 6.33 Å². The summed E-state index contributed by atoms with van der Waals surface area (Å²) in [5.41, 5.74) is 5.45. The van der Waals surface area contributed by atoms with E-state index in [9.17, 15) is 4.79 Å². The number of carbonyl (C=O) groups is 1. The normalized spacial score (nSPS) is 14.6. The third-order valence-electron chi connectivity index (χ3n) is 6.36. The van der Waals surface area contributed by atoms with Gasteiger partial charge in [0.15, 0.2) is 17.0 Å². The van der Waals surface area contributed by atoms with Crippen LogP contribution >= 0.6 is 0 Å². The summed E-state index contributed by atoms with van der Waals surface area (Å²) in [6.45, 7) is 11.2. The minimum absolute atomic E-state index is 0.0668. The number of fused-ring (bicyclic) bond motifs is 1. The molecule has 0 N–H and O–H groups in total. The first-order valence-electron chi connectivity index (χ1n) is 11.6. The van der Waals surface area contributed by atoms with Gasteiger partial charge < -0.3 is 9.80 Å². The van der Waals surface area contributed by atoms with Crippen molar-refractivity contribution in [2.45, 2.75) is 33.1 Å². The van der Waals surface area contributed by atoms with Crippen molar-refractivity contribution >= 4 is 22.9 Å². The van der Waals surface area contributed by atoms with Gasteiger partial charge in [0, 0.05) is 31.7 Å². The molecular formula is C26H29N7O. The van der Waals surface area contributed by atoms with E-state index < -0.39 is 0 Å². The maximum Gasteiger partial charge on any atom is 0.253 e. The number of hydrogen-bond acceptors (Lipinski definition) is 6. The Labute approximate surface area is 199 Å². The molecule has 4 aromatic rings. The molecule has 0 bridgehead atoms. The van der Waals surface area contributed by atoms with E-state index in [0.717, 1.165) is 17.1 Å². The molecule has 3 heterocycles. The molecule has 5 rings (SSSR count). The van der Waals surface area contributed by atoms with Gasteiger partial charge in [-0.25, -0.2) is 9.97 Å². The third-order valence-corrected chi connectivity index (χ3v) is 6.36. The summed E-state index contributed by atoms with van der Waals surface area (Å²) in [5.74, 6) is 0.822. The Morgan fingerprint density at radius 2 is 1.56 bits per heavy atom. The van der Waals surface area contributed by atoms with Gasteiger partial charge in [0.2, 0.25) is 0 Å². The number of hydrogen-bond donors (Lipinski definition) is 0. The number of anilines is 1. The first kappa shape index (κ1) is 22.0. The number of nitrogens with zero attached hydrogens (tertiary/aromatic N) is 7. The van der Waals surface area contributed by atoms with Gasteiger partial charge in [-0.1, -0.05) is 55.8 Å². The van der Waals surface area contributed by atoms with Crippen LogP contribution in [0.15, 0.2) is 54.9 Å². The van der Waals surface area contributed by atoms with Gasteiger partial charge in [0.05, 0.1) is 5.69 Å². The molecule has 8 nitrogen and oxygen atoms in total. The topological polar surface area (TPSA) is 80.0 Å². The molecule has 0 atom stereocenters.